The molecule has 102 valence electrons. The quantitative estimate of drug-likeness (QED) is 0.893. The van der Waals surface area contributed by atoms with Crippen LogP contribution in [0.4, 0.5) is 0 Å². The van der Waals surface area contributed by atoms with Gasteiger partial charge in [-0.25, -0.2) is 0 Å². The van der Waals surface area contributed by atoms with Crippen molar-refractivity contribution in [3.8, 4) is 5.75 Å². The third-order valence-corrected chi connectivity index (χ3v) is 3.28. The zero-order valence-corrected chi connectivity index (χ0v) is 11.3. The van der Waals surface area contributed by atoms with Crippen LogP contribution in [0.5, 0.6) is 5.75 Å². The van der Waals surface area contributed by atoms with E-state index in [4.69, 9.17) is 22.1 Å². The number of carbonyl (C=O) groups is 2. The predicted molar refractivity (Wildman–Crippen MR) is 71.0 cm³/mol. The second-order valence-corrected chi connectivity index (χ2v) is 5.06. The van der Waals surface area contributed by atoms with Crippen LogP contribution in [0.2, 0.25) is 5.02 Å². The van der Waals surface area contributed by atoms with Crippen LogP contribution in [0, 0.1) is 5.92 Å². The molecule has 0 fully saturated rings. The average Bonchev–Trinajstić information content (AvgIpc) is 2.36. The first kappa shape index (κ1) is 13.7. The zero-order chi connectivity index (χ0) is 14.0. The van der Waals surface area contributed by atoms with Crippen LogP contribution in [0.1, 0.15) is 5.56 Å². The minimum atomic E-state index is -0.531. The van der Waals surface area contributed by atoms with Crippen LogP contribution in [0.25, 0.3) is 0 Å². The summed E-state index contributed by atoms with van der Waals surface area (Å²) in [7, 11) is 1.56. The highest BCUT2D eigenvalue weighted by molar-refractivity contribution is 6.30. The Morgan fingerprint density at radius 3 is 2.95 bits per heavy atom. The molecule has 0 bridgehead atoms. The summed E-state index contributed by atoms with van der Waals surface area (Å²) in [5.74, 6) is -0.234. The number of primary amides is 1. The number of hydrogen-bond donors (Lipinski definition) is 1. The summed E-state index contributed by atoms with van der Waals surface area (Å²) in [4.78, 5) is 24.3. The molecule has 1 aromatic rings. The first-order valence-electron chi connectivity index (χ1n) is 5.92. The topological polar surface area (TPSA) is 72.6 Å². The monoisotopic (exact) mass is 282 g/mol. The van der Waals surface area contributed by atoms with Crippen LogP contribution in [-0.4, -0.2) is 36.9 Å². The number of amides is 2. The number of benzene rings is 1. The fourth-order valence-corrected chi connectivity index (χ4v) is 2.34. The van der Waals surface area contributed by atoms with Gasteiger partial charge in [-0.2, -0.15) is 0 Å². The molecule has 0 saturated heterocycles. The molecule has 2 N–H and O–H groups in total. The number of likely N-dealkylation sites (N-methyl/N-ethyl adjacent to an activating group) is 1. The Labute approximate surface area is 116 Å². The molecular weight excluding hydrogens is 268 g/mol. The number of hydrogen-bond acceptors (Lipinski definition) is 3. The molecule has 5 nitrogen and oxygen atoms in total. The third kappa shape index (κ3) is 3.17. The second-order valence-electron chi connectivity index (χ2n) is 4.62. The van der Waals surface area contributed by atoms with Gasteiger partial charge in [0.15, 0.2) is 0 Å². The lowest BCUT2D eigenvalue weighted by Gasteiger charge is -2.27. The van der Waals surface area contributed by atoms with Gasteiger partial charge in [0.1, 0.15) is 12.4 Å². The molecule has 1 aromatic carbocycles. The molecule has 1 aliphatic heterocycles. The summed E-state index contributed by atoms with van der Waals surface area (Å²) < 4.78 is 5.55. The molecule has 0 unspecified atom stereocenters. The summed E-state index contributed by atoms with van der Waals surface area (Å²) in [5, 5.41) is 0.612. The van der Waals surface area contributed by atoms with Crippen molar-refractivity contribution in [1.29, 1.82) is 0 Å². The van der Waals surface area contributed by atoms with Crippen LogP contribution in [-0.2, 0) is 16.0 Å². The maximum atomic E-state index is 12.1. The molecule has 6 heteroatoms. The molecule has 19 heavy (non-hydrogen) atoms. The fourth-order valence-electron chi connectivity index (χ4n) is 2.15. The van der Waals surface area contributed by atoms with E-state index in [9.17, 15) is 9.59 Å². The van der Waals surface area contributed by atoms with Gasteiger partial charge in [0, 0.05) is 12.1 Å². The van der Waals surface area contributed by atoms with E-state index < -0.39 is 5.91 Å². The van der Waals surface area contributed by atoms with Crippen molar-refractivity contribution < 1.29 is 14.3 Å². The Kier molecular flexibility index (Phi) is 3.95. The van der Waals surface area contributed by atoms with Crippen LogP contribution in [0.15, 0.2) is 18.2 Å². The maximum Gasteiger partial charge on any atom is 0.237 e. The van der Waals surface area contributed by atoms with Gasteiger partial charge in [-0.05, 0) is 30.2 Å². The maximum absolute atomic E-state index is 12.1. The largest absolute Gasteiger partial charge is 0.492 e. The minimum absolute atomic E-state index is 0.0856. The Balaban J connectivity index is 2.08. The lowest BCUT2D eigenvalue weighted by Crippen LogP contribution is -2.42. The van der Waals surface area contributed by atoms with Gasteiger partial charge >= 0.3 is 0 Å². The Hall–Kier alpha value is -1.75. The van der Waals surface area contributed by atoms with Gasteiger partial charge in [-0.3, -0.25) is 9.59 Å². The van der Waals surface area contributed by atoms with Crippen molar-refractivity contribution in [3.63, 3.8) is 0 Å². The number of carbonyl (C=O) groups excluding carboxylic acids is 2. The molecule has 2 rings (SSSR count). The Morgan fingerprint density at radius 1 is 1.53 bits per heavy atom. The van der Waals surface area contributed by atoms with Crippen molar-refractivity contribution >= 4 is 23.4 Å². The standard InChI is InChI=1S/C13H15ClN2O3/c1-16(6-12(15)17)13(18)9-4-8-5-10(14)2-3-11(8)19-7-9/h2-3,5,9H,4,6-7H2,1H3,(H2,15,17)/t9-/m1/s1. The van der Waals surface area contributed by atoms with Gasteiger partial charge in [0.2, 0.25) is 11.8 Å². The first-order valence-corrected chi connectivity index (χ1v) is 6.29. The van der Waals surface area contributed by atoms with Crippen LogP contribution >= 0.6 is 11.6 Å². The number of halogens is 1. The second kappa shape index (κ2) is 5.48. The molecule has 0 saturated carbocycles. The number of nitrogens with two attached hydrogens (primary N) is 1. The smallest absolute Gasteiger partial charge is 0.237 e. The van der Waals surface area contributed by atoms with Crippen molar-refractivity contribution in [3.05, 3.63) is 28.8 Å². The fraction of sp³-hybridized carbons (Fsp3) is 0.385. The molecule has 1 atom stereocenters. The van der Waals surface area contributed by atoms with E-state index in [2.05, 4.69) is 0 Å². The average molecular weight is 283 g/mol. The van der Waals surface area contributed by atoms with Gasteiger partial charge in [-0.1, -0.05) is 11.6 Å². The normalized spacial score (nSPS) is 17.3. The highest BCUT2D eigenvalue weighted by atomic mass is 35.5. The van der Waals surface area contributed by atoms with E-state index in [0.717, 1.165) is 11.3 Å². The number of ether oxygens (including phenoxy) is 1. The van der Waals surface area contributed by atoms with Crippen LogP contribution in [0.3, 0.4) is 0 Å². The number of nitrogens with zero attached hydrogens (tertiary/aromatic N) is 1. The van der Waals surface area contributed by atoms with E-state index >= 15 is 0 Å². The van der Waals surface area contributed by atoms with Gasteiger partial charge in [0.05, 0.1) is 12.5 Å². The zero-order valence-electron chi connectivity index (χ0n) is 10.6. The van der Waals surface area contributed by atoms with E-state index in [1.807, 2.05) is 0 Å². The molecule has 0 spiro atoms. The van der Waals surface area contributed by atoms with Crippen molar-refractivity contribution in [2.24, 2.45) is 11.7 Å². The lowest BCUT2D eigenvalue weighted by molar-refractivity contribution is -0.138. The summed E-state index contributed by atoms with van der Waals surface area (Å²) >= 11 is 5.92. The molecule has 0 aliphatic carbocycles. The SMILES string of the molecule is CN(CC(N)=O)C(=O)[C@H]1COc2ccc(Cl)cc2C1. The van der Waals surface area contributed by atoms with E-state index in [-0.39, 0.29) is 18.4 Å². The summed E-state index contributed by atoms with van der Waals surface area (Å²) in [5.41, 5.74) is 5.98. The molecule has 0 aromatic heterocycles. The molecule has 2 amide bonds. The summed E-state index contributed by atoms with van der Waals surface area (Å²) in [6.07, 6.45) is 0.553. The van der Waals surface area contributed by atoms with Gasteiger partial charge in [-0.15, -0.1) is 0 Å². The predicted octanol–water partition coefficient (Wildman–Crippen LogP) is 0.835. The Morgan fingerprint density at radius 2 is 2.26 bits per heavy atom. The van der Waals surface area contributed by atoms with Crippen LogP contribution < -0.4 is 10.5 Å². The van der Waals surface area contributed by atoms with Gasteiger partial charge < -0.3 is 15.4 Å². The molecule has 1 heterocycles. The lowest BCUT2D eigenvalue weighted by atomic mass is 9.95. The van der Waals surface area contributed by atoms with E-state index in [0.29, 0.717) is 18.1 Å². The summed E-state index contributed by atoms with van der Waals surface area (Å²) in [6, 6.07) is 5.34. The van der Waals surface area contributed by atoms with Gasteiger partial charge in [0.25, 0.3) is 0 Å². The van der Waals surface area contributed by atoms with E-state index in [1.165, 1.54) is 4.90 Å². The highest BCUT2D eigenvalue weighted by Gasteiger charge is 2.28. The van der Waals surface area contributed by atoms with Crippen molar-refractivity contribution in [2.45, 2.75) is 6.42 Å². The van der Waals surface area contributed by atoms with E-state index in [1.54, 1.807) is 25.2 Å². The van der Waals surface area contributed by atoms with Crippen molar-refractivity contribution in [1.82, 2.24) is 4.90 Å². The minimum Gasteiger partial charge on any atom is -0.492 e. The number of fused-ring (bicyclic) bond motifs is 1. The highest BCUT2D eigenvalue weighted by Crippen LogP contribution is 2.30. The molecule has 0 radical (unpaired) electrons. The van der Waals surface area contributed by atoms with Crippen molar-refractivity contribution in [2.75, 3.05) is 20.2 Å². The number of rotatable bonds is 3. The molecular formula is C13H15ClN2O3. The molecule has 1 aliphatic rings. The Bertz CT molecular complexity index is 519. The third-order valence-electron chi connectivity index (χ3n) is 3.05. The first-order chi connectivity index (χ1) is 8.97. The summed E-state index contributed by atoms with van der Waals surface area (Å²) in [6.45, 7) is 0.217.